The van der Waals surface area contributed by atoms with E-state index in [1.807, 2.05) is 24.3 Å². The molecule has 2 aromatic carbocycles. The van der Waals surface area contributed by atoms with Crippen LogP contribution in [0, 0.1) is 5.41 Å². The van der Waals surface area contributed by atoms with Gasteiger partial charge in [0.05, 0.1) is 0 Å². The average molecular weight is 264 g/mol. The van der Waals surface area contributed by atoms with Gasteiger partial charge < -0.3 is 10.2 Å². The lowest BCUT2D eigenvalue weighted by Crippen LogP contribution is -2.20. The van der Waals surface area contributed by atoms with Crippen molar-refractivity contribution in [3.63, 3.8) is 0 Å². The number of benzene rings is 2. The first-order valence-corrected chi connectivity index (χ1v) is 6.90. The number of fused-ring (bicyclic) bond motifs is 2. The standard InChI is InChI=1S/C18H16O2/c1-11-17-7-16(20)5-3-13(17)9-18(11)8-12-2-4-15(19)6-14(12)10-18/h2-7,19-20H,1,8-10H2. The van der Waals surface area contributed by atoms with Gasteiger partial charge in [0.15, 0.2) is 0 Å². The molecule has 0 bridgehead atoms. The van der Waals surface area contributed by atoms with Crippen LogP contribution in [-0.2, 0) is 19.3 Å². The van der Waals surface area contributed by atoms with Gasteiger partial charge in [-0.25, -0.2) is 0 Å². The molecule has 0 aliphatic heterocycles. The Morgan fingerprint density at radius 1 is 0.800 bits per heavy atom. The fourth-order valence-corrected chi connectivity index (χ4v) is 3.84. The summed E-state index contributed by atoms with van der Waals surface area (Å²) < 4.78 is 0. The summed E-state index contributed by atoms with van der Waals surface area (Å²) in [4.78, 5) is 0. The first-order chi connectivity index (χ1) is 9.57. The Bertz CT molecular complexity index is 741. The average Bonchev–Trinajstić information content (AvgIpc) is 2.89. The van der Waals surface area contributed by atoms with Crippen molar-refractivity contribution in [3.8, 4) is 11.5 Å². The van der Waals surface area contributed by atoms with Crippen LogP contribution in [0.1, 0.15) is 22.3 Å². The predicted molar refractivity (Wildman–Crippen MR) is 78.8 cm³/mol. The molecule has 2 aliphatic rings. The van der Waals surface area contributed by atoms with E-state index in [2.05, 4.69) is 6.58 Å². The molecule has 2 nitrogen and oxygen atoms in total. The molecule has 100 valence electrons. The first-order valence-electron chi connectivity index (χ1n) is 6.90. The molecule has 0 aromatic heterocycles. The van der Waals surface area contributed by atoms with Gasteiger partial charge >= 0.3 is 0 Å². The molecule has 1 spiro atoms. The van der Waals surface area contributed by atoms with Crippen LogP contribution in [0.2, 0.25) is 0 Å². The van der Waals surface area contributed by atoms with Crippen LogP contribution in [0.15, 0.2) is 43.0 Å². The van der Waals surface area contributed by atoms with Crippen LogP contribution in [0.4, 0.5) is 0 Å². The second kappa shape index (κ2) is 3.66. The van der Waals surface area contributed by atoms with Gasteiger partial charge in [0, 0.05) is 5.41 Å². The summed E-state index contributed by atoms with van der Waals surface area (Å²) in [6.07, 6.45) is 2.86. The summed E-state index contributed by atoms with van der Waals surface area (Å²) >= 11 is 0. The zero-order chi connectivity index (χ0) is 13.9. The maximum Gasteiger partial charge on any atom is 0.116 e. The molecule has 2 aromatic rings. The first kappa shape index (κ1) is 11.6. The van der Waals surface area contributed by atoms with Gasteiger partial charge in [-0.15, -0.1) is 0 Å². The van der Waals surface area contributed by atoms with E-state index < -0.39 is 0 Å². The maximum absolute atomic E-state index is 9.68. The maximum atomic E-state index is 9.68. The fraction of sp³-hybridized carbons (Fsp3) is 0.222. The molecule has 0 amide bonds. The lowest BCUT2D eigenvalue weighted by Gasteiger charge is -2.24. The van der Waals surface area contributed by atoms with Crippen LogP contribution in [0.25, 0.3) is 5.57 Å². The third-order valence-electron chi connectivity index (χ3n) is 4.84. The Hall–Kier alpha value is -2.22. The van der Waals surface area contributed by atoms with E-state index in [0.717, 1.165) is 30.4 Å². The number of phenols is 2. The van der Waals surface area contributed by atoms with Crippen LogP contribution in [0.5, 0.6) is 11.5 Å². The Morgan fingerprint density at radius 3 is 2.20 bits per heavy atom. The van der Waals surface area contributed by atoms with Crippen LogP contribution in [0.3, 0.4) is 0 Å². The highest BCUT2D eigenvalue weighted by molar-refractivity contribution is 5.78. The minimum Gasteiger partial charge on any atom is -0.508 e. The summed E-state index contributed by atoms with van der Waals surface area (Å²) in [5, 5.41) is 19.3. The highest BCUT2D eigenvalue weighted by Gasteiger charge is 2.45. The molecule has 4 rings (SSSR count). The van der Waals surface area contributed by atoms with Gasteiger partial charge in [-0.05, 0) is 71.4 Å². The summed E-state index contributed by atoms with van der Waals surface area (Å²) in [6.45, 7) is 4.30. The zero-order valence-corrected chi connectivity index (χ0v) is 11.2. The van der Waals surface area contributed by atoms with E-state index in [-0.39, 0.29) is 5.41 Å². The Kier molecular flexibility index (Phi) is 2.12. The third kappa shape index (κ3) is 1.45. The number of aromatic hydroxyl groups is 2. The van der Waals surface area contributed by atoms with Crippen LogP contribution in [-0.4, -0.2) is 10.2 Å². The van der Waals surface area contributed by atoms with Gasteiger partial charge in [0.2, 0.25) is 0 Å². The molecule has 20 heavy (non-hydrogen) atoms. The molecule has 1 unspecified atom stereocenters. The molecule has 0 radical (unpaired) electrons. The monoisotopic (exact) mass is 264 g/mol. The lowest BCUT2D eigenvalue weighted by molar-refractivity contribution is 0.441. The van der Waals surface area contributed by atoms with Crippen molar-refractivity contribution in [2.45, 2.75) is 19.3 Å². The normalized spacial score (nSPS) is 23.1. The minimum atomic E-state index is 0.0340. The molecule has 0 heterocycles. The molecule has 0 fully saturated rings. The molecule has 2 N–H and O–H groups in total. The van der Waals surface area contributed by atoms with E-state index in [0.29, 0.717) is 11.5 Å². The van der Waals surface area contributed by atoms with E-state index in [1.165, 1.54) is 16.7 Å². The van der Waals surface area contributed by atoms with Crippen LogP contribution >= 0.6 is 0 Å². The molecule has 0 saturated heterocycles. The number of allylic oxidation sites excluding steroid dienone is 1. The summed E-state index contributed by atoms with van der Waals surface area (Å²) in [7, 11) is 0. The predicted octanol–water partition coefficient (Wildman–Crippen LogP) is 3.45. The number of hydrogen-bond acceptors (Lipinski definition) is 2. The fourth-order valence-electron chi connectivity index (χ4n) is 3.84. The number of rotatable bonds is 0. The van der Waals surface area contributed by atoms with Crippen molar-refractivity contribution < 1.29 is 10.2 Å². The molecular formula is C18H16O2. The van der Waals surface area contributed by atoms with Gasteiger partial charge in [-0.2, -0.15) is 0 Å². The lowest BCUT2D eigenvalue weighted by atomic mass is 9.78. The smallest absolute Gasteiger partial charge is 0.116 e. The van der Waals surface area contributed by atoms with Gasteiger partial charge in [0.25, 0.3) is 0 Å². The number of phenolic OH excluding ortho intramolecular Hbond substituents is 2. The van der Waals surface area contributed by atoms with Crippen molar-refractivity contribution in [2.24, 2.45) is 5.41 Å². The van der Waals surface area contributed by atoms with Gasteiger partial charge in [0.1, 0.15) is 11.5 Å². The van der Waals surface area contributed by atoms with Crippen molar-refractivity contribution in [1.29, 1.82) is 0 Å². The van der Waals surface area contributed by atoms with Crippen molar-refractivity contribution in [2.75, 3.05) is 0 Å². The van der Waals surface area contributed by atoms with Crippen molar-refractivity contribution in [1.82, 2.24) is 0 Å². The second-order valence-corrected chi connectivity index (χ2v) is 6.08. The van der Waals surface area contributed by atoms with Crippen molar-refractivity contribution >= 4 is 5.57 Å². The topological polar surface area (TPSA) is 40.5 Å². The minimum absolute atomic E-state index is 0.0340. The zero-order valence-electron chi connectivity index (χ0n) is 11.2. The van der Waals surface area contributed by atoms with E-state index in [1.54, 1.807) is 12.1 Å². The molecular weight excluding hydrogens is 248 g/mol. The van der Waals surface area contributed by atoms with E-state index in [9.17, 15) is 10.2 Å². The molecule has 0 saturated carbocycles. The second-order valence-electron chi connectivity index (χ2n) is 6.08. The highest BCUT2D eigenvalue weighted by Crippen LogP contribution is 2.54. The molecule has 1 atom stereocenters. The summed E-state index contributed by atoms with van der Waals surface area (Å²) in [5.74, 6) is 0.634. The quantitative estimate of drug-likeness (QED) is 0.765. The number of hydrogen-bond donors (Lipinski definition) is 2. The molecule has 2 heteroatoms. The highest BCUT2D eigenvalue weighted by atomic mass is 16.3. The Balaban J connectivity index is 1.78. The summed E-state index contributed by atoms with van der Waals surface area (Å²) in [5.41, 5.74) is 6.06. The van der Waals surface area contributed by atoms with Crippen LogP contribution < -0.4 is 0 Å². The van der Waals surface area contributed by atoms with Crippen molar-refractivity contribution in [3.05, 3.63) is 65.2 Å². The largest absolute Gasteiger partial charge is 0.508 e. The third-order valence-corrected chi connectivity index (χ3v) is 4.84. The van der Waals surface area contributed by atoms with E-state index in [4.69, 9.17) is 0 Å². The Morgan fingerprint density at radius 2 is 1.40 bits per heavy atom. The molecule has 2 aliphatic carbocycles. The van der Waals surface area contributed by atoms with E-state index >= 15 is 0 Å². The van der Waals surface area contributed by atoms with Gasteiger partial charge in [-0.3, -0.25) is 0 Å². The summed E-state index contributed by atoms with van der Waals surface area (Å²) in [6, 6.07) is 11.2. The van der Waals surface area contributed by atoms with Gasteiger partial charge in [-0.1, -0.05) is 18.7 Å². The Labute approximate surface area is 118 Å². The SMILES string of the molecule is C=C1c2cc(O)ccc2CC12Cc1ccc(O)cc1C2.